The molecule has 0 fully saturated rings. The molecule has 1 N–H and O–H groups in total. The normalized spacial score (nSPS) is 8.69. The number of esters is 1. The van der Waals surface area contributed by atoms with Gasteiger partial charge >= 0.3 is 5.97 Å². The highest BCUT2D eigenvalue weighted by Crippen LogP contribution is 1.85. The molecule has 0 radical (unpaired) electrons. The largest absolute Gasteiger partial charge is 0.460 e. The van der Waals surface area contributed by atoms with Gasteiger partial charge in [-0.2, -0.15) is 0 Å². The summed E-state index contributed by atoms with van der Waals surface area (Å²) in [5.74, 6) is -0.843. The summed E-state index contributed by atoms with van der Waals surface area (Å²) >= 11 is 0. The molecule has 0 aliphatic rings. The van der Waals surface area contributed by atoms with Crippen molar-refractivity contribution < 1.29 is 14.3 Å². The van der Waals surface area contributed by atoms with Crippen LogP contribution in [-0.2, 0) is 14.3 Å². The molecule has 13 heavy (non-hydrogen) atoms. The Balaban J connectivity index is 3.63. The zero-order chi connectivity index (χ0) is 10.3. The number of ether oxygens (including phenoxy) is 1. The summed E-state index contributed by atoms with van der Waals surface area (Å²) in [5.41, 5.74) is 0.358. The van der Waals surface area contributed by atoms with E-state index in [-0.39, 0.29) is 19.1 Å². The van der Waals surface area contributed by atoms with E-state index in [2.05, 4.69) is 23.2 Å². The number of amides is 1. The smallest absolute Gasteiger partial charge is 0.325 e. The topological polar surface area (TPSA) is 55.4 Å². The molecular weight excluding hydrogens is 170 g/mol. The molecule has 0 saturated heterocycles. The van der Waals surface area contributed by atoms with E-state index in [0.717, 1.165) is 0 Å². The minimum absolute atomic E-state index is 0.139. The SMILES string of the molecule is C=CCOC(=O)CNC(=O)C(=C)C. The molecule has 72 valence electrons. The van der Waals surface area contributed by atoms with Gasteiger partial charge in [-0.15, -0.1) is 0 Å². The highest BCUT2D eigenvalue weighted by atomic mass is 16.5. The van der Waals surface area contributed by atoms with E-state index in [4.69, 9.17) is 0 Å². The predicted molar refractivity (Wildman–Crippen MR) is 49.0 cm³/mol. The molecule has 0 bridgehead atoms. The summed E-state index contributed by atoms with van der Waals surface area (Å²) in [4.78, 5) is 21.7. The second-order valence-electron chi connectivity index (χ2n) is 2.43. The van der Waals surface area contributed by atoms with E-state index in [0.29, 0.717) is 5.57 Å². The molecule has 0 unspecified atom stereocenters. The van der Waals surface area contributed by atoms with Crippen molar-refractivity contribution >= 4 is 11.9 Å². The fraction of sp³-hybridized carbons (Fsp3) is 0.333. The maximum atomic E-state index is 10.9. The third-order valence-electron chi connectivity index (χ3n) is 1.14. The van der Waals surface area contributed by atoms with Crippen molar-refractivity contribution in [1.29, 1.82) is 0 Å². The standard InChI is InChI=1S/C9H13NO3/c1-4-5-13-8(11)6-10-9(12)7(2)3/h4H,1-2,5-6H2,3H3,(H,10,12). The van der Waals surface area contributed by atoms with Crippen molar-refractivity contribution in [1.82, 2.24) is 5.32 Å². The Kier molecular flexibility index (Phi) is 5.27. The number of rotatable bonds is 5. The maximum absolute atomic E-state index is 10.9. The molecule has 0 rings (SSSR count). The third kappa shape index (κ3) is 5.66. The lowest BCUT2D eigenvalue weighted by Crippen LogP contribution is -2.30. The molecule has 4 heteroatoms. The second-order valence-corrected chi connectivity index (χ2v) is 2.43. The van der Waals surface area contributed by atoms with Crippen LogP contribution in [0.3, 0.4) is 0 Å². The van der Waals surface area contributed by atoms with Crippen molar-refractivity contribution in [3.8, 4) is 0 Å². The number of nitrogens with one attached hydrogen (secondary N) is 1. The van der Waals surface area contributed by atoms with Gasteiger partial charge in [0.2, 0.25) is 5.91 Å². The van der Waals surface area contributed by atoms with Crippen LogP contribution >= 0.6 is 0 Å². The lowest BCUT2D eigenvalue weighted by atomic mass is 10.3. The first-order chi connectivity index (χ1) is 6.07. The molecule has 0 aromatic heterocycles. The number of hydrogen-bond donors (Lipinski definition) is 1. The average molecular weight is 183 g/mol. The monoisotopic (exact) mass is 183 g/mol. The van der Waals surface area contributed by atoms with Gasteiger partial charge in [-0.25, -0.2) is 0 Å². The predicted octanol–water partition coefficient (Wildman–Crippen LogP) is 0.408. The Bertz CT molecular complexity index is 233. The fourth-order valence-electron chi connectivity index (χ4n) is 0.506. The number of carbonyl (C=O) groups excluding carboxylic acids is 2. The highest BCUT2D eigenvalue weighted by molar-refractivity contribution is 5.94. The molecule has 0 heterocycles. The molecule has 0 aliphatic heterocycles. The molecule has 0 aromatic rings. The van der Waals surface area contributed by atoms with Crippen LogP contribution in [0.4, 0.5) is 0 Å². The van der Waals surface area contributed by atoms with Crippen molar-refractivity contribution in [3.05, 3.63) is 24.8 Å². The van der Waals surface area contributed by atoms with Crippen LogP contribution in [0.25, 0.3) is 0 Å². The number of carbonyl (C=O) groups is 2. The summed E-state index contributed by atoms with van der Waals surface area (Å²) < 4.78 is 4.62. The molecule has 0 aromatic carbocycles. The third-order valence-corrected chi connectivity index (χ3v) is 1.14. The van der Waals surface area contributed by atoms with E-state index >= 15 is 0 Å². The van der Waals surface area contributed by atoms with Crippen LogP contribution in [0.1, 0.15) is 6.92 Å². The van der Waals surface area contributed by atoms with E-state index in [1.165, 1.54) is 6.08 Å². The lowest BCUT2D eigenvalue weighted by Gasteiger charge is -2.03. The Morgan fingerprint density at radius 2 is 2.15 bits per heavy atom. The van der Waals surface area contributed by atoms with Gasteiger partial charge in [-0.3, -0.25) is 9.59 Å². The zero-order valence-corrected chi connectivity index (χ0v) is 7.63. The van der Waals surface area contributed by atoms with Gasteiger partial charge in [0.15, 0.2) is 0 Å². The quantitative estimate of drug-likeness (QED) is 0.381. The molecule has 0 aliphatic carbocycles. The fourth-order valence-corrected chi connectivity index (χ4v) is 0.506. The van der Waals surface area contributed by atoms with Gasteiger partial charge in [0.1, 0.15) is 13.2 Å². The van der Waals surface area contributed by atoms with Gasteiger partial charge in [-0.1, -0.05) is 19.2 Å². The molecular formula is C9H13NO3. The molecule has 0 spiro atoms. The summed E-state index contributed by atoms with van der Waals surface area (Å²) in [5, 5.41) is 2.34. The second kappa shape index (κ2) is 5.99. The van der Waals surface area contributed by atoms with Gasteiger partial charge in [0.05, 0.1) is 0 Å². The zero-order valence-electron chi connectivity index (χ0n) is 7.63. The van der Waals surface area contributed by atoms with Crippen LogP contribution in [0.2, 0.25) is 0 Å². The molecule has 1 amide bonds. The summed E-state index contributed by atoms with van der Waals surface area (Å²) in [6, 6.07) is 0. The van der Waals surface area contributed by atoms with Gasteiger partial charge in [0, 0.05) is 5.57 Å². The molecule has 0 saturated carbocycles. The van der Waals surface area contributed by atoms with Crippen molar-refractivity contribution in [2.75, 3.05) is 13.2 Å². The Hall–Kier alpha value is -1.58. The van der Waals surface area contributed by atoms with Crippen molar-refractivity contribution in [2.45, 2.75) is 6.92 Å². The van der Waals surface area contributed by atoms with E-state index in [1.807, 2.05) is 0 Å². The van der Waals surface area contributed by atoms with Crippen LogP contribution in [0, 0.1) is 0 Å². The highest BCUT2D eigenvalue weighted by Gasteiger charge is 2.05. The Morgan fingerprint density at radius 3 is 2.62 bits per heavy atom. The van der Waals surface area contributed by atoms with Crippen LogP contribution in [0.15, 0.2) is 24.8 Å². The van der Waals surface area contributed by atoms with Crippen LogP contribution in [-0.4, -0.2) is 25.0 Å². The van der Waals surface area contributed by atoms with Gasteiger partial charge in [-0.05, 0) is 6.92 Å². The lowest BCUT2D eigenvalue weighted by molar-refractivity contribution is -0.142. The number of hydrogen-bond acceptors (Lipinski definition) is 3. The van der Waals surface area contributed by atoms with Crippen LogP contribution in [0.5, 0.6) is 0 Å². The van der Waals surface area contributed by atoms with Crippen LogP contribution < -0.4 is 5.32 Å². The first-order valence-corrected chi connectivity index (χ1v) is 3.78. The van der Waals surface area contributed by atoms with Crippen molar-refractivity contribution in [2.24, 2.45) is 0 Å². The minimum Gasteiger partial charge on any atom is -0.460 e. The van der Waals surface area contributed by atoms with Gasteiger partial charge in [0.25, 0.3) is 0 Å². The first-order valence-electron chi connectivity index (χ1n) is 3.78. The Morgan fingerprint density at radius 1 is 1.54 bits per heavy atom. The maximum Gasteiger partial charge on any atom is 0.325 e. The summed E-state index contributed by atoms with van der Waals surface area (Å²) in [6.45, 7) is 8.37. The van der Waals surface area contributed by atoms with E-state index in [9.17, 15) is 9.59 Å². The summed E-state index contributed by atoms with van der Waals surface area (Å²) in [7, 11) is 0. The minimum atomic E-state index is -0.491. The average Bonchev–Trinajstić information content (AvgIpc) is 2.10. The van der Waals surface area contributed by atoms with E-state index < -0.39 is 5.97 Å². The van der Waals surface area contributed by atoms with E-state index in [1.54, 1.807) is 6.92 Å². The first kappa shape index (κ1) is 11.4. The molecule has 4 nitrogen and oxygen atoms in total. The Labute approximate surface area is 77.3 Å². The van der Waals surface area contributed by atoms with Crippen molar-refractivity contribution in [3.63, 3.8) is 0 Å². The summed E-state index contributed by atoms with van der Waals surface area (Å²) in [6.07, 6.45) is 1.46. The molecule has 0 atom stereocenters. The van der Waals surface area contributed by atoms with Gasteiger partial charge < -0.3 is 10.1 Å².